The number of nitrogens with two attached hydrogens (primary N) is 1. The molecule has 0 spiro atoms. The zero-order chi connectivity index (χ0) is 14.9. The molecule has 1 aromatic carbocycles. The molecule has 0 bridgehead atoms. The van der Waals surface area contributed by atoms with Gasteiger partial charge in [0, 0.05) is 18.6 Å². The van der Waals surface area contributed by atoms with Crippen LogP contribution in [0.2, 0.25) is 0 Å². The molecule has 3 N–H and O–H groups in total. The van der Waals surface area contributed by atoms with Crippen LogP contribution in [0, 0.1) is 11.6 Å². The van der Waals surface area contributed by atoms with Gasteiger partial charge in [-0.1, -0.05) is 15.9 Å². The summed E-state index contributed by atoms with van der Waals surface area (Å²) in [4.78, 5) is 13.3. The van der Waals surface area contributed by atoms with E-state index in [1.165, 1.54) is 0 Å². The van der Waals surface area contributed by atoms with Crippen molar-refractivity contribution in [3.8, 4) is 0 Å². The molecule has 0 radical (unpaired) electrons. The van der Waals surface area contributed by atoms with E-state index in [0.717, 1.165) is 12.1 Å². The van der Waals surface area contributed by atoms with Gasteiger partial charge in [-0.25, -0.2) is 8.78 Å². The smallest absolute Gasteiger partial charge is 0.233 e. The maximum Gasteiger partial charge on any atom is 0.233 e. The van der Waals surface area contributed by atoms with Gasteiger partial charge in [0.05, 0.1) is 0 Å². The van der Waals surface area contributed by atoms with E-state index in [1.807, 2.05) is 0 Å². The molecule has 0 amide bonds. The largest absolute Gasteiger partial charge is 0.368 e. The van der Waals surface area contributed by atoms with Crippen LogP contribution in [0.5, 0.6) is 0 Å². The van der Waals surface area contributed by atoms with Crippen molar-refractivity contribution in [1.82, 2.24) is 15.0 Å². The fraction of sp³-hybridized carbons (Fsp3) is 0.182. The molecule has 0 aliphatic rings. The number of rotatable bonds is 3. The predicted octanol–water partition coefficient (Wildman–Crippen LogP) is 2.30. The number of aromatic nitrogens is 3. The van der Waals surface area contributed by atoms with Gasteiger partial charge in [-0.15, -0.1) is 0 Å². The van der Waals surface area contributed by atoms with Crippen LogP contribution in [-0.4, -0.2) is 29.0 Å². The zero-order valence-electron chi connectivity index (χ0n) is 10.7. The van der Waals surface area contributed by atoms with E-state index in [-0.39, 0.29) is 23.5 Å². The van der Waals surface area contributed by atoms with Crippen molar-refractivity contribution in [2.75, 3.05) is 30.0 Å². The van der Waals surface area contributed by atoms with Crippen molar-refractivity contribution in [2.45, 2.75) is 0 Å². The summed E-state index contributed by atoms with van der Waals surface area (Å²) in [5, 5.41) is 2.46. The third-order valence-corrected chi connectivity index (χ3v) is 2.74. The summed E-state index contributed by atoms with van der Waals surface area (Å²) < 4.78 is 27.7. The molecule has 20 heavy (non-hydrogen) atoms. The van der Waals surface area contributed by atoms with Gasteiger partial charge in [0.15, 0.2) is 11.6 Å². The van der Waals surface area contributed by atoms with Gasteiger partial charge in [-0.2, -0.15) is 15.0 Å². The molecule has 0 unspecified atom stereocenters. The van der Waals surface area contributed by atoms with Gasteiger partial charge in [-0.3, -0.25) is 0 Å². The monoisotopic (exact) mass is 344 g/mol. The van der Waals surface area contributed by atoms with E-state index in [1.54, 1.807) is 19.0 Å². The van der Waals surface area contributed by atoms with Gasteiger partial charge in [0.1, 0.15) is 5.69 Å². The lowest BCUT2D eigenvalue weighted by molar-refractivity contribution is 0.589. The minimum atomic E-state index is -0.776. The first-order valence-corrected chi connectivity index (χ1v) is 6.26. The third kappa shape index (κ3) is 3.10. The first kappa shape index (κ1) is 14.4. The molecule has 0 atom stereocenters. The number of nitrogens with zero attached hydrogens (tertiary/aromatic N) is 4. The first-order chi connectivity index (χ1) is 9.36. The molecule has 1 aromatic heterocycles. The molecule has 2 aromatic rings. The topological polar surface area (TPSA) is 80.0 Å². The average Bonchev–Trinajstić information content (AvgIpc) is 2.33. The minimum absolute atomic E-state index is 0.0404. The normalized spacial score (nSPS) is 10.4. The summed E-state index contributed by atoms with van der Waals surface area (Å²) in [7, 11) is 3.42. The first-order valence-electron chi connectivity index (χ1n) is 5.47. The van der Waals surface area contributed by atoms with E-state index >= 15 is 0 Å². The van der Waals surface area contributed by atoms with E-state index in [4.69, 9.17) is 5.73 Å². The highest BCUT2D eigenvalue weighted by molar-refractivity contribution is 9.10. The fourth-order valence-electron chi connectivity index (χ4n) is 1.41. The molecule has 0 aliphatic carbocycles. The number of hydrogen-bond donors (Lipinski definition) is 2. The maximum atomic E-state index is 13.7. The van der Waals surface area contributed by atoms with Crippen molar-refractivity contribution in [1.29, 1.82) is 0 Å². The number of benzene rings is 1. The van der Waals surface area contributed by atoms with E-state index in [2.05, 4.69) is 36.2 Å². The summed E-state index contributed by atoms with van der Waals surface area (Å²) in [6.45, 7) is 0. The molecule has 0 aliphatic heterocycles. The maximum absolute atomic E-state index is 13.7. The molecule has 1 heterocycles. The van der Waals surface area contributed by atoms with Crippen LogP contribution >= 0.6 is 15.9 Å². The van der Waals surface area contributed by atoms with Gasteiger partial charge in [0.2, 0.25) is 17.8 Å². The number of halogens is 3. The standard InChI is InChI=1S/C11H11BrF2N6/c1-20(2)11-18-9(15)17-10(19-11)16-8-6(13)3-5(12)4-7(8)14/h3-4H,1-2H3,(H3,15,16,17,18,19). The molecule has 106 valence electrons. The number of nitrogens with one attached hydrogen (secondary N) is 1. The molecule has 0 fully saturated rings. The van der Waals surface area contributed by atoms with Crippen molar-refractivity contribution < 1.29 is 8.78 Å². The average molecular weight is 345 g/mol. The molecule has 9 heteroatoms. The molecule has 0 saturated carbocycles. The Balaban J connectivity index is 2.40. The van der Waals surface area contributed by atoms with Crippen LogP contribution in [0.3, 0.4) is 0 Å². The van der Waals surface area contributed by atoms with Crippen molar-refractivity contribution in [3.05, 3.63) is 28.2 Å². The second kappa shape index (κ2) is 5.53. The SMILES string of the molecule is CN(C)c1nc(N)nc(Nc2c(F)cc(Br)cc2F)n1. The summed E-state index contributed by atoms with van der Waals surface area (Å²) in [6.07, 6.45) is 0. The van der Waals surface area contributed by atoms with Gasteiger partial charge < -0.3 is 16.0 Å². The Kier molecular flexibility index (Phi) is 3.98. The lowest BCUT2D eigenvalue weighted by Gasteiger charge is -2.13. The predicted molar refractivity (Wildman–Crippen MR) is 75.9 cm³/mol. The summed E-state index contributed by atoms with van der Waals surface area (Å²) in [6, 6.07) is 2.26. The Morgan fingerprint density at radius 1 is 1.15 bits per heavy atom. The Labute approximate surface area is 122 Å². The quantitative estimate of drug-likeness (QED) is 0.889. The number of anilines is 4. The molecule has 2 rings (SSSR count). The summed E-state index contributed by atoms with van der Waals surface area (Å²) in [5.41, 5.74) is 5.17. The van der Waals surface area contributed by atoms with Crippen molar-refractivity contribution in [3.63, 3.8) is 0 Å². The van der Waals surface area contributed by atoms with E-state index in [9.17, 15) is 8.78 Å². The van der Waals surface area contributed by atoms with Crippen molar-refractivity contribution >= 4 is 39.5 Å². The Hall–Kier alpha value is -2.03. The Morgan fingerprint density at radius 3 is 2.30 bits per heavy atom. The molecule has 6 nitrogen and oxygen atoms in total. The minimum Gasteiger partial charge on any atom is -0.368 e. The highest BCUT2D eigenvalue weighted by Gasteiger charge is 2.13. The van der Waals surface area contributed by atoms with Crippen LogP contribution < -0.4 is 16.0 Å². The number of nitrogen functional groups attached to an aromatic ring is 1. The lowest BCUT2D eigenvalue weighted by atomic mass is 10.3. The lowest BCUT2D eigenvalue weighted by Crippen LogP contribution is -2.16. The third-order valence-electron chi connectivity index (χ3n) is 2.28. The zero-order valence-corrected chi connectivity index (χ0v) is 12.2. The Morgan fingerprint density at radius 2 is 1.75 bits per heavy atom. The summed E-state index contributed by atoms with van der Waals surface area (Å²) in [5.74, 6) is -1.37. The van der Waals surface area contributed by atoms with Gasteiger partial charge in [-0.05, 0) is 12.1 Å². The van der Waals surface area contributed by atoms with Crippen LogP contribution in [0.4, 0.5) is 32.3 Å². The molecular formula is C11H11BrF2N6. The van der Waals surface area contributed by atoms with Gasteiger partial charge in [0.25, 0.3) is 0 Å². The second-order valence-corrected chi connectivity index (χ2v) is 5.00. The Bertz CT molecular complexity index is 626. The highest BCUT2D eigenvalue weighted by Crippen LogP contribution is 2.26. The van der Waals surface area contributed by atoms with E-state index < -0.39 is 11.6 Å². The van der Waals surface area contributed by atoms with Crippen molar-refractivity contribution in [2.24, 2.45) is 0 Å². The van der Waals surface area contributed by atoms with Gasteiger partial charge >= 0.3 is 0 Å². The molecule has 0 saturated heterocycles. The fourth-order valence-corrected chi connectivity index (χ4v) is 1.81. The summed E-state index contributed by atoms with van der Waals surface area (Å²) >= 11 is 3.00. The van der Waals surface area contributed by atoms with Crippen LogP contribution in [0.1, 0.15) is 0 Å². The number of hydrogen-bond acceptors (Lipinski definition) is 6. The second-order valence-electron chi connectivity index (χ2n) is 4.08. The van der Waals surface area contributed by atoms with Crippen LogP contribution in [0.25, 0.3) is 0 Å². The highest BCUT2D eigenvalue weighted by atomic mass is 79.9. The van der Waals surface area contributed by atoms with E-state index in [0.29, 0.717) is 4.47 Å². The molecular weight excluding hydrogens is 334 g/mol. The van der Waals surface area contributed by atoms with Crippen LogP contribution in [-0.2, 0) is 0 Å². The van der Waals surface area contributed by atoms with Crippen LogP contribution in [0.15, 0.2) is 16.6 Å².